The Morgan fingerprint density at radius 2 is 2.22 bits per heavy atom. The molecule has 0 amide bonds. The predicted molar refractivity (Wildman–Crippen MR) is 40.3 cm³/mol. The molecule has 2 aliphatic rings. The van der Waals surface area contributed by atoms with E-state index >= 15 is 0 Å². The molecular weight excluding hydrogens is 134 g/mol. The molecule has 0 radical (unpaired) electrons. The maximum absolute atomic E-state index is 11.4. The van der Waals surface area contributed by atoms with Crippen molar-refractivity contribution < 1.29 is 4.21 Å². The number of nitrogens with one attached hydrogen (secondary N) is 1. The molecule has 2 saturated heterocycles. The SMILES string of the molecule is C=S1(=O)CCC12CNC2. The van der Waals surface area contributed by atoms with E-state index in [1.54, 1.807) is 0 Å². The van der Waals surface area contributed by atoms with Gasteiger partial charge in [0, 0.05) is 18.8 Å². The van der Waals surface area contributed by atoms with E-state index in [9.17, 15) is 4.21 Å². The smallest absolute Gasteiger partial charge is 0.0640 e. The molecule has 0 bridgehead atoms. The van der Waals surface area contributed by atoms with Gasteiger partial charge in [-0.05, 0) is 21.8 Å². The molecule has 2 heterocycles. The Morgan fingerprint density at radius 3 is 2.22 bits per heavy atom. The van der Waals surface area contributed by atoms with Gasteiger partial charge in [0.1, 0.15) is 0 Å². The van der Waals surface area contributed by atoms with Gasteiger partial charge >= 0.3 is 0 Å². The van der Waals surface area contributed by atoms with Gasteiger partial charge in [0.25, 0.3) is 0 Å². The maximum Gasteiger partial charge on any atom is 0.0640 e. The van der Waals surface area contributed by atoms with Crippen molar-refractivity contribution in [1.29, 1.82) is 0 Å². The fourth-order valence-electron chi connectivity index (χ4n) is 1.46. The Kier molecular flexibility index (Phi) is 0.860. The molecule has 2 rings (SSSR count). The van der Waals surface area contributed by atoms with E-state index in [4.69, 9.17) is 0 Å². The highest BCUT2D eigenvalue weighted by molar-refractivity contribution is 8.03. The summed E-state index contributed by atoms with van der Waals surface area (Å²) in [6, 6.07) is 0. The van der Waals surface area contributed by atoms with Crippen molar-refractivity contribution in [2.24, 2.45) is 0 Å². The second-order valence-electron chi connectivity index (χ2n) is 3.05. The van der Waals surface area contributed by atoms with Crippen molar-refractivity contribution in [1.82, 2.24) is 5.32 Å². The largest absolute Gasteiger partial charge is 0.314 e. The minimum atomic E-state index is -1.65. The third kappa shape index (κ3) is 0.496. The lowest BCUT2D eigenvalue weighted by Crippen LogP contribution is -2.70. The van der Waals surface area contributed by atoms with E-state index in [0.717, 1.165) is 25.3 Å². The summed E-state index contributed by atoms with van der Waals surface area (Å²) in [5.74, 6) is 4.59. The molecule has 2 aliphatic heterocycles. The summed E-state index contributed by atoms with van der Waals surface area (Å²) in [5, 5.41) is 3.14. The summed E-state index contributed by atoms with van der Waals surface area (Å²) in [5.41, 5.74) is 0. The van der Waals surface area contributed by atoms with Crippen LogP contribution in [-0.2, 0) is 9.52 Å². The quantitative estimate of drug-likeness (QED) is 0.463. The Labute approximate surface area is 55.6 Å². The molecule has 0 saturated carbocycles. The molecule has 2 nitrogen and oxygen atoms in total. The molecule has 2 fully saturated rings. The number of rotatable bonds is 0. The topological polar surface area (TPSA) is 29.1 Å². The molecule has 1 unspecified atom stereocenters. The van der Waals surface area contributed by atoms with Crippen LogP contribution in [0.5, 0.6) is 0 Å². The van der Waals surface area contributed by atoms with Gasteiger partial charge in [0.05, 0.1) is 4.75 Å². The Balaban J connectivity index is 2.33. The maximum atomic E-state index is 11.4. The van der Waals surface area contributed by atoms with Gasteiger partial charge in [-0.15, -0.1) is 0 Å². The summed E-state index contributed by atoms with van der Waals surface area (Å²) in [7, 11) is -1.65. The molecule has 1 atom stereocenters. The van der Waals surface area contributed by atoms with Crippen molar-refractivity contribution in [3.05, 3.63) is 0 Å². The first kappa shape index (κ1) is 5.74. The van der Waals surface area contributed by atoms with Crippen LogP contribution in [0.3, 0.4) is 0 Å². The minimum absolute atomic E-state index is 0.146. The fraction of sp³-hybridized carbons (Fsp3) is 0.833. The first-order chi connectivity index (χ1) is 4.16. The zero-order valence-corrected chi connectivity index (χ0v) is 6.17. The van der Waals surface area contributed by atoms with E-state index in [1.807, 2.05) is 0 Å². The normalized spacial score (nSPS) is 45.8. The molecule has 0 aromatic heterocycles. The first-order valence-electron chi connectivity index (χ1n) is 3.22. The summed E-state index contributed by atoms with van der Waals surface area (Å²) < 4.78 is 11.6. The molecule has 1 N–H and O–H groups in total. The van der Waals surface area contributed by atoms with E-state index in [0.29, 0.717) is 0 Å². The van der Waals surface area contributed by atoms with Crippen LogP contribution >= 0.6 is 0 Å². The minimum Gasteiger partial charge on any atom is -0.314 e. The standard InChI is InChI=1S/C6H11NOS/c1-9(8)3-2-6(9)4-7-5-6/h7H,1-5H2. The summed E-state index contributed by atoms with van der Waals surface area (Å²) in [6.07, 6.45) is 1.13. The van der Waals surface area contributed by atoms with Crippen molar-refractivity contribution in [2.75, 3.05) is 18.8 Å². The van der Waals surface area contributed by atoms with Gasteiger partial charge < -0.3 is 5.32 Å². The van der Waals surface area contributed by atoms with Crippen LogP contribution in [0.15, 0.2) is 0 Å². The van der Waals surface area contributed by atoms with Gasteiger partial charge in [-0.25, -0.2) is 0 Å². The Morgan fingerprint density at radius 1 is 1.56 bits per heavy atom. The van der Waals surface area contributed by atoms with E-state index < -0.39 is 9.52 Å². The van der Waals surface area contributed by atoms with Crippen molar-refractivity contribution in [2.45, 2.75) is 11.2 Å². The molecule has 3 heteroatoms. The number of hydrogen-bond acceptors (Lipinski definition) is 2. The van der Waals surface area contributed by atoms with E-state index in [2.05, 4.69) is 11.2 Å². The van der Waals surface area contributed by atoms with Crippen LogP contribution in [0.1, 0.15) is 6.42 Å². The van der Waals surface area contributed by atoms with Crippen LogP contribution in [0.2, 0.25) is 0 Å². The molecule has 52 valence electrons. The van der Waals surface area contributed by atoms with Crippen LogP contribution in [-0.4, -0.2) is 33.7 Å². The average Bonchev–Trinajstić information content (AvgIpc) is 1.59. The van der Waals surface area contributed by atoms with Crippen LogP contribution in [0, 0.1) is 0 Å². The highest BCUT2D eigenvalue weighted by Gasteiger charge is 2.51. The Hall–Kier alpha value is -0.0200. The van der Waals surface area contributed by atoms with Crippen LogP contribution in [0.4, 0.5) is 0 Å². The molecule has 0 aromatic carbocycles. The van der Waals surface area contributed by atoms with Crippen LogP contribution < -0.4 is 5.32 Å². The molecule has 9 heavy (non-hydrogen) atoms. The third-order valence-electron chi connectivity index (χ3n) is 2.57. The highest BCUT2D eigenvalue weighted by Crippen LogP contribution is 2.36. The third-order valence-corrected chi connectivity index (χ3v) is 5.51. The van der Waals surface area contributed by atoms with Gasteiger partial charge in [-0.3, -0.25) is 4.21 Å². The van der Waals surface area contributed by atoms with Gasteiger partial charge in [0.15, 0.2) is 0 Å². The summed E-state index contributed by atoms with van der Waals surface area (Å²) in [4.78, 5) is 0. The lowest BCUT2D eigenvalue weighted by Gasteiger charge is -2.52. The molecule has 0 aliphatic carbocycles. The molecular formula is C6H11NOS. The van der Waals surface area contributed by atoms with Crippen molar-refractivity contribution in [3.8, 4) is 0 Å². The lowest BCUT2D eigenvalue weighted by molar-refractivity contribution is 0.346. The van der Waals surface area contributed by atoms with E-state index in [-0.39, 0.29) is 4.75 Å². The summed E-state index contributed by atoms with van der Waals surface area (Å²) >= 11 is 0. The second kappa shape index (κ2) is 1.35. The predicted octanol–water partition coefficient (Wildman–Crippen LogP) is -0.552. The van der Waals surface area contributed by atoms with Gasteiger partial charge in [-0.2, -0.15) is 0 Å². The molecule has 1 spiro atoms. The highest BCUT2D eigenvalue weighted by atomic mass is 32.2. The van der Waals surface area contributed by atoms with Gasteiger partial charge in [-0.1, -0.05) is 0 Å². The van der Waals surface area contributed by atoms with Crippen molar-refractivity contribution >= 4 is 15.4 Å². The zero-order chi connectivity index (χ0) is 6.54. The Bertz CT molecular complexity index is 220. The second-order valence-corrected chi connectivity index (χ2v) is 5.95. The number of hydrogen-bond donors (Lipinski definition) is 1. The first-order valence-corrected chi connectivity index (χ1v) is 5.11. The summed E-state index contributed by atoms with van der Waals surface area (Å²) in [6.45, 7) is 1.88. The fourth-order valence-corrected chi connectivity index (χ4v) is 3.43. The lowest BCUT2D eigenvalue weighted by atomic mass is 9.98. The van der Waals surface area contributed by atoms with E-state index in [1.165, 1.54) is 0 Å². The van der Waals surface area contributed by atoms with Crippen molar-refractivity contribution in [3.63, 3.8) is 0 Å². The van der Waals surface area contributed by atoms with Crippen LogP contribution in [0.25, 0.3) is 0 Å². The van der Waals surface area contributed by atoms with Gasteiger partial charge in [0.2, 0.25) is 0 Å². The zero-order valence-electron chi connectivity index (χ0n) is 5.35. The monoisotopic (exact) mass is 145 g/mol. The molecule has 0 aromatic rings. The average molecular weight is 145 g/mol.